The minimum absolute atomic E-state index is 0.252. The molecule has 1 aromatic carbocycles. The molecule has 0 aliphatic heterocycles. The molecular formula is C14H18O4S. The lowest BCUT2D eigenvalue weighted by atomic mass is 10.0. The van der Waals surface area contributed by atoms with Gasteiger partial charge in [-0.25, -0.2) is 4.79 Å². The van der Waals surface area contributed by atoms with Crippen LogP contribution >= 0.6 is 11.8 Å². The Labute approximate surface area is 117 Å². The van der Waals surface area contributed by atoms with Gasteiger partial charge < -0.3 is 9.47 Å². The van der Waals surface area contributed by atoms with Gasteiger partial charge >= 0.3 is 11.9 Å². The first-order valence-corrected chi connectivity index (χ1v) is 7.25. The Morgan fingerprint density at radius 1 is 1.32 bits per heavy atom. The molecule has 1 rings (SSSR count). The number of hydrogen-bond donors (Lipinski definition) is 0. The van der Waals surface area contributed by atoms with E-state index in [9.17, 15) is 9.59 Å². The maximum absolute atomic E-state index is 11.9. The maximum Gasteiger partial charge on any atom is 0.338 e. The van der Waals surface area contributed by atoms with Crippen LogP contribution in [-0.2, 0) is 20.7 Å². The zero-order valence-electron chi connectivity index (χ0n) is 11.4. The summed E-state index contributed by atoms with van der Waals surface area (Å²) in [5.74, 6) is -0.637. The second-order valence-corrected chi connectivity index (χ2v) is 4.70. The van der Waals surface area contributed by atoms with Gasteiger partial charge in [-0.05, 0) is 37.3 Å². The number of benzene rings is 1. The fraction of sp³-hybridized carbons (Fsp3) is 0.429. The molecule has 0 fully saturated rings. The third kappa shape index (κ3) is 4.59. The second kappa shape index (κ2) is 7.84. The minimum atomic E-state index is -0.349. The van der Waals surface area contributed by atoms with Crippen molar-refractivity contribution in [1.29, 1.82) is 0 Å². The van der Waals surface area contributed by atoms with Crippen LogP contribution in [0.4, 0.5) is 0 Å². The summed E-state index contributed by atoms with van der Waals surface area (Å²) in [4.78, 5) is 24.1. The molecule has 0 saturated heterocycles. The highest BCUT2D eigenvalue weighted by molar-refractivity contribution is 7.98. The van der Waals surface area contributed by atoms with Gasteiger partial charge in [0, 0.05) is 11.3 Å². The van der Waals surface area contributed by atoms with E-state index < -0.39 is 0 Å². The smallest absolute Gasteiger partial charge is 0.338 e. The SMILES string of the molecule is CCOC(=O)c1cc(SC)ccc1CCC(=O)OC. The van der Waals surface area contributed by atoms with Crippen molar-refractivity contribution in [3.63, 3.8) is 0 Å². The molecule has 0 spiro atoms. The average Bonchev–Trinajstić information content (AvgIpc) is 2.44. The van der Waals surface area contributed by atoms with E-state index in [0.29, 0.717) is 18.6 Å². The average molecular weight is 282 g/mol. The lowest BCUT2D eigenvalue weighted by molar-refractivity contribution is -0.140. The quantitative estimate of drug-likeness (QED) is 0.593. The normalized spacial score (nSPS) is 10.1. The molecule has 104 valence electrons. The van der Waals surface area contributed by atoms with E-state index in [1.54, 1.807) is 24.8 Å². The van der Waals surface area contributed by atoms with Crippen molar-refractivity contribution in [2.75, 3.05) is 20.0 Å². The van der Waals surface area contributed by atoms with Gasteiger partial charge in [0.15, 0.2) is 0 Å². The first kappa shape index (κ1) is 15.6. The van der Waals surface area contributed by atoms with Gasteiger partial charge in [0.2, 0.25) is 0 Å². The number of methoxy groups -OCH3 is 1. The molecule has 0 saturated carbocycles. The number of hydrogen-bond acceptors (Lipinski definition) is 5. The highest BCUT2D eigenvalue weighted by Gasteiger charge is 2.14. The van der Waals surface area contributed by atoms with Crippen molar-refractivity contribution in [1.82, 2.24) is 0 Å². The summed E-state index contributed by atoms with van der Waals surface area (Å²) < 4.78 is 9.64. The molecule has 0 heterocycles. The summed E-state index contributed by atoms with van der Waals surface area (Å²) in [6.45, 7) is 2.10. The van der Waals surface area contributed by atoms with Crippen molar-refractivity contribution in [2.45, 2.75) is 24.7 Å². The van der Waals surface area contributed by atoms with Crippen molar-refractivity contribution >= 4 is 23.7 Å². The predicted molar refractivity (Wildman–Crippen MR) is 74.5 cm³/mol. The minimum Gasteiger partial charge on any atom is -0.469 e. The van der Waals surface area contributed by atoms with E-state index in [4.69, 9.17) is 4.74 Å². The van der Waals surface area contributed by atoms with Crippen LogP contribution in [0.1, 0.15) is 29.3 Å². The Bertz CT molecular complexity index is 457. The van der Waals surface area contributed by atoms with E-state index in [-0.39, 0.29) is 18.4 Å². The fourth-order valence-corrected chi connectivity index (χ4v) is 2.08. The standard InChI is InChI=1S/C14H18O4S/c1-4-18-14(16)12-9-11(19-3)7-5-10(12)6-8-13(15)17-2/h5,7,9H,4,6,8H2,1-3H3. The van der Waals surface area contributed by atoms with Crippen LogP contribution in [0.25, 0.3) is 0 Å². The Kier molecular flexibility index (Phi) is 6.42. The third-order valence-corrected chi connectivity index (χ3v) is 3.36. The zero-order valence-corrected chi connectivity index (χ0v) is 12.2. The van der Waals surface area contributed by atoms with Crippen molar-refractivity contribution < 1.29 is 19.1 Å². The fourth-order valence-electron chi connectivity index (χ4n) is 1.64. The maximum atomic E-state index is 11.9. The molecule has 5 heteroatoms. The molecule has 0 aliphatic carbocycles. The molecule has 1 aromatic rings. The van der Waals surface area contributed by atoms with E-state index in [2.05, 4.69) is 4.74 Å². The molecule has 0 aliphatic rings. The van der Waals surface area contributed by atoms with Crippen LogP contribution in [0.2, 0.25) is 0 Å². The summed E-state index contributed by atoms with van der Waals surface area (Å²) in [7, 11) is 1.35. The van der Waals surface area contributed by atoms with Gasteiger partial charge in [0.05, 0.1) is 19.3 Å². The number of aryl methyl sites for hydroxylation is 1. The van der Waals surface area contributed by atoms with Crippen molar-refractivity contribution in [3.8, 4) is 0 Å². The van der Waals surface area contributed by atoms with Crippen LogP contribution in [0.3, 0.4) is 0 Å². The van der Waals surface area contributed by atoms with Gasteiger partial charge in [-0.15, -0.1) is 11.8 Å². The number of esters is 2. The first-order valence-electron chi connectivity index (χ1n) is 6.03. The Balaban J connectivity index is 2.94. The van der Waals surface area contributed by atoms with Crippen molar-refractivity contribution in [3.05, 3.63) is 29.3 Å². The van der Waals surface area contributed by atoms with Crippen molar-refractivity contribution in [2.24, 2.45) is 0 Å². The molecule has 0 radical (unpaired) electrons. The summed E-state index contributed by atoms with van der Waals surface area (Å²) in [6, 6.07) is 5.59. The van der Waals surface area contributed by atoms with E-state index in [1.807, 2.05) is 18.4 Å². The molecule has 0 unspecified atom stereocenters. The van der Waals surface area contributed by atoms with Gasteiger partial charge in [-0.3, -0.25) is 4.79 Å². The van der Waals surface area contributed by atoms with Gasteiger partial charge in [-0.2, -0.15) is 0 Å². The van der Waals surface area contributed by atoms with Crippen LogP contribution in [0.15, 0.2) is 23.1 Å². The zero-order chi connectivity index (χ0) is 14.3. The molecule has 0 amide bonds. The molecule has 0 N–H and O–H groups in total. The Morgan fingerprint density at radius 3 is 2.63 bits per heavy atom. The number of carbonyl (C=O) groups excluding carboxylic acids is 2. The summed E-state index contributed by atoms with van der Waals surface area (Å²) in [6.07, 6.45) is 2.66. The van der Waals surface area contributed by atoms with E-state index in [0.717, 1.165) is 10.5 Å². The molecular weight excluding hydrogens is 264 g/mol. The first-order chi connectivity index (χ1) is 9.12. The van der Waals surface area contributed by atoms with Crippen LogP contribution in [0.5, 0.6) is 0 Å². The van der Waals surface area contributed by atoms with Gasteiger partial charge in [0.25, 0.3) is 0 Å². The third-order valence-electron chi connectivity index (χ3n) is 2.64. The summed E-state index contributed by atoms with van der Waals surface area (Å²) in [5.41, 5.74) is 1.33. The van der Waals surface area contributed by atoms with Crippen LogP contribution in [0, 0.1) is 0 Å². The van der Waals surface area contributed by atoms with E-state index >= 15 is 0 Å². The molecule has 0 atom stereocenters. The highest BCUT2D eigenvalue weighted by atomic mass is 32.2. The molecule has 0 bridgehead atoms. The Hall–Kier alpha value is -1.49. The summed E-state index contributed by atoms with van der Waals surface area (Å²) in [5, 5.41) is 0. The molecule has 0 aromatic heterocycles. The van der Waals surface area contributed by atoms with Crippen LogP contribution < -0.4 is 0 Å². The Morgan fingerprint density at radius 2 is 2.05 bits per heavy atom. The summed E-state index contributed by atoms with van der Waals surface area (Å²) >= 11 is 1.56. The number of ether oxygens (including phenoxy) is 2. The predicted octanol–water partition coefficient (Wildman–Crippen LogP) is 2.69. The monoisotopic (exact) mass is 282 g/mol. The number of rotatable bonds is 6. The second-order valence-electron chi connectivity index (χ2n) is 3.82. The molecule has 19 heavy (non-hydrogen) atoms. The van der Waals surface area contributed by atoms with Gasteiger partial charge in [0.1, 0.15) is 0 Å². The lowest BCUT2D eigenvalue weighted by Crippen LogP contribution is -2.10. The topological polar surface area (TPSA) is 52.6 Å². The van der Waals surface area contributed by atoms with E-state index in [1.165, 1.54) is 7.11 Å². The van der Waals surface area contributed by atoms with Crippen LogP contribution in [-0.4, -0.2) is 31.9 Å². The number of thioether (sulfide) groups is 1. The largest absolute Gasteiger partial charge is 0.469 e. The highest BCUT2D eigenvalue weighted by Crippen LogP contribution is 2.21. The lowest BCUT2D eigenvalue weighted by Gasteiger charge is -2.10. The van der Waals surface area contributed by atoms with Gasteiger partial charge in [-0.1, -0.05) is 6.07 Å². The number of carbonyl (C=O) groups is 2. The molecule has 4 nitrogen and oxygen atoms in total.